The first-order chi connectivity index (χ1) is 10.3. The molecule has 2 saturated carbocycles. The third-order valence-electron chi connectivity index (χ3n) is 6.62. The summed E-state index contributed by atoms with van der Waals surface area (Å²) in [5.41, 5.74) is 0.00556. The Labute approximate surface area is 131 Å². The third-order valence-corrected chi connectivity index (χ3v) is 6.62. The van der Waals surface area contributed by atoms with E-state index in [0.717, 1.165) is 12.8 Å². The lowest BCUT2D eigenvalue weighted by atomic mass is 9.53. The molecule has 2 fully saturated rings. The van der Waals surface area contributed by atoms with Crippen molar-refractivity contribution in [3.63, 3.8) is 0 Å². The zero-order valence-electron chi connectivity index (χ0n) is 14.0. The number of aliphatic hydroxyl groups excluding tert-OH is 2. The van der Waals surface area contributed by atoms with E-state index >= 15 is 0 Å². The molecule has 0 heterocycles. The molecule has 2 aliphatic rings. The molecule has 0 saturated heterocycles. The summed E-state index contributed by atoms with van der Waals surface area (Å²) in [5, 5.41) is 20.6. The lowest BCUT2D eigenvalue weighted by Gasteiger charge is -2.52. The van der Waals surface area contributed by atoms with Gasteiger partial charge < -0.3 is 10.2 Å². The van der Waals surface area contributed by atoms with Crippen molar-refractivity contribution in [1.29, 1.82) is 0 Å². The zero-order chi connectivity index (χ0) is 15.1. The van der Waals surface area contributed by atoms with Crippen molar-refractivity contribution in [1.82, 2.24) is 0 Å². The van der Waals surface area contributed by atoms with Gasteiger partial charge in [0.05, 0.1) is 0 Å². The van der Waals surface area contributed by atoms with E-state index in [0.29, 0.717) is 24.4 Å². The van der Waals surface area contributed by atoms with Gasteiger partial charge in [0.1, 0.15) is 0 Å². The number of hydrogen-bond acceptors (Lipinski definition) is 2. The van der Waals surface area contributed by atoms with Gasteiger partial charge >= 0.3 is 0 Å². The minimum atomic E-state index is 0.00556. The van der Waals surface area contributed by atoms with Crippen LogP contribution in [0.1, 0.15) is 84.0 Å². The maximum absolute atomic E-state index is 10.5. The summed E-state index contributed by atoms with van der Waals surface area (Å²) in [6.07, 6.45) is 15.3. The fourth-order valence-electron chi connectivity index (χ4n) is 5.55. The fourth-order valence-corrected chi connectivity index (χ4v) is 5.55. The molecule has 1 atom stereocenters. The van der Waals surface area contributed by atoms with E-state index in [9.17, 15) is 10.2 Å². The quantitative estimate of drug-likeness (QED) is 0.724. The van der Waals surface area contributed by atoms with Crippen LogP contribution in [0.15, 0.2) is 0 Å². The first-order valence-corrected chi connectivity index (χ1v) is 9.51. The van der Waals surface area contributed by atoms with E-state index in [1.54, 1.807) is 0 Å². The van der Waals surface area contributed by atoms with Crippen LogP contribution in [0.25, 0.3) is 0 Å². The maximum Gasteiger partial charge on any atom is 0.0496 e. The summed E-state index contributed by atoms with van der Waals surface area (Å²) >= 11 is 0. The highest BCUT2D eigenvalue weighted by Gasteiger charge is 2.49. The second-order valence-electron chi connectivity index (χ2n) is 7.61. The van der Waals surface area contributed by atoms with Crippen molar-refractivity contribution in [3.05, 3.63) is 0 Å². The van der Waals surface area contributed by atoms with E-state index in [-0.39, 0.29) is 12.0 Å². The second-order valence-corrected chi connectivity index (χ2v) is 7.61. The van der Waals surface area contributed by atoms with Crippen LogP contribution >= 0.6 is 0 Å². The molecule has 0 spiro atoms. The molecular formula is C19H36O2. The molecule has 0 aromatic rings. The van der Waals surface area contributed by atoms with Gasteiger partial charge in [-0.05, 0) is 49.9 Å². The number of rotatable bonds is 7. The Balaban J connectivity index is 2.27. The number of hydrogen-bond donors (Lipinski definition) is 2. The molecule has 124 valence electrons. The Hall–Kier alpha value is -0.0800. The summed E-state index contributed by atoms with van der Waals surface area (Å²) in [6, 6.07) is 0. The molecule has 0 amide bonds. The lowest BCUT2D eigenvalue weighted by molar-refractivity contribution is -0.0931. The molecule has 0 aliphatic heterocycles. The van der Waals surface area contributed by atoms with Gasteiger partial charge in [-0.2, -0.15) is 0 Å². The standard InChI is InChI=1S/C19H36O2/c1-2-9-18(14-20)19(15-21,16-10-5-3-6-11-16)17-12-7-4-8-13-17/h16-18,20-21H,2-15H2,1H3. The molecule has 0 aromatic heterocycles. The first kappa shape index (κ1) is 17.3. The van der Waals surface area contributed by atoms with Crippen LogP contribution in [-0.4, -0.2) is 23.4 Å². The van der Waals surface area contributed by atoms with Gasteiger partial charge in [-0.1, -0.05) is 51.9 Å². The summed E-state index contributed by atoms with van der Waals surface area (Å²) in [4.78, 5) is 0. The Morgan fingerprint density at radius 1 is 0.857 bits per heavy atom. The second kappa shape index (κ2) is 8.53. The minimum Gasteiger partial charge on any atom is -0.396 e. The monoisotopic (exact) mass is 296 g/mol. The van der Waals surface area contributed by atoms with E-state index in [2.05, 4.69) is 6.92 Å². The van der Waals surface area contributed by atoms with Crippen molar-refractivity contribution in [3.8, 4) is 0 Å². The average Bonchev–Trinajstić information content (AvgIpc) is 2.57. The van der Waals surface area contributed by atoms with E-state index in [4.69, 9.17) is 0 Å². The summed E-state index contributed by atoms with van der Waals surface area (Å²) in [5.74, 6) is 1.59. The predicted octanol–water partition coefficient (Wildman–Crippen LogP) is 4.53. The highest BCUT2D eigenvalue weighted by atomic mass is 16.3. The molecule has 2 nitrogen and oxygen atoms in total. The maximum atomic E-state index is 10.5. The van der Waals surface area contributed by atoms with E-state index < -0.39 is 0 Å². The molecule has 0 radical (unpaired) electrons. The summed E-state index contributed by atoms with van der Waals surface area (Å²) < 4.78 is 0. The van der Waals surface area contributed by atoms with Gasteiger partial charge in [0.2, 0.25) is 0 Å². The van der Waals surface area contributed by atoms with Gasteiger partial charge in [-0.25, -0.2) is 0 Å². The molecule has 2 N–H and O–H groups in total. The molecule has 2 rings (SSSR count). The third kappa shape index (κ3) is 3.64. The molecule has 0 aromatic carbocycles. The van der Waals surface area contributed by atoms with Crippen molar-refractivity contribution in [2.45, 2.75) is 84.0 Å². The molecule has 1 unspecified atom stereocenters. The van der Waals surface area contributed by atoms with Crippen LogP contribution in [-0.2, 0) is 0 Å². The van der Waals surface area contributed by atoms with Crippen LogP contribution < -0.4 is 0 Å². The van der Waals surface area contributed by atoms with Crippen molar-refractivity contribution >= 4 is 0 Å². The van der Waals surface area contributed by atoms with E-state index in [1.807, 2.05) is 0 Å². The smallest absolute Gasteiger partial charge is 0.0496 e. The molecular weight excluding hydrogens is 260 g/mol. The van der Waals surface area contributed by atoms with Crippen molar-refractivity contribution in [2.24, 2.45) is 23.2 Å². The van der Waals surface area contributed by atoms with Gasteiger partial charge in [0.25, 0.3) is 0 Å². The van der Waals surface area contributed by atoms with Crippen LogP contribution in [0.2, 0.25) is 0 Å². The highest BCUT2D eigenvalue weighted by Crippen LogP contribution is 2.54. The van der Waals surface area contributed by atoms with Crippen LogP contribution in [0.3, 0.4) is 0 Å². The van der Waals surface area contributed by atoms with Gasteiger partial charge in [-0.15, -0.1) is 0 Å². The van der Waals surface area contributed by atoms with E-state index in [1.165, 1.54) is 64.2 Å². The lowest BCUT2D eigenvalue weighted by Crippen LogP contribution is -2.50. The average molecular weight is 296 g/mol. The normalized spacial score (nSPS) is 24.1. The Bertz CT molecular complexity index is 250. The number of aliphatic hydroxyl groups is 2. The van der Waals surface area contributed by atoms with Crippen LogP contribution in [0.4, 0.5) is 0 Å². The first-order valence-electron chi connectivity index (χ1n) is 9.51. The van der Waals surface area contributed by atoms with Crippen LogP contribution in [0, 0.1) is 23.2 Å². The van der Waals surface area contributed by atoms with Gasteiger partial charge in [0, 0.05) is 18.6 Å². The zero-order valence-corrected chi connectivity index (χ0v) is 14.0. The molecule has 2 aliphatic carbocycles. The molecule has 2 heteroatoms. The SMILES string of the molecule is CCCC(CO)C(CO)(C1CCCCC1)C1CCCCC1. The Morgan fingerprint density at radius 2 is 1.33 bits per heavy atom. The fraction of sp³-hybridized carbons (Fsp3) is 1.00. The van der Waals surface area contributed by atoms with Crippen molar-refractivity contribution < 1.29 is 10.2 Å². The molecule has 21 heavy (non-hydrogen) atoms. The Kier molecular flexibility index (Phi) is 7.01. The van der Waals surface area contributed by atoms with Gasteiger partial charge in [-0.3, -0.25) is 0 Å². The topological polar surface area (TPSA) is 40.5 Å². The van der Waals surface area contributed by atoms with Crippen molar-refractivity contribution in [2.75, 3.05) is 13.2 Å². The van der Waals surface area contributed by atoms with Crippen LogP contribution in [0.5, 0.6) is 0 Å². The Morgan fingerprint density at radius 3 is 1.67 bits per heavy atom. The van der Waals surface area contributed by atoms with Gasteiger partial charge in [0.15, 0.2) is 0 Å². The largest absolute Gasteiger partial charge is 0.396 e. The summed E-state index contributed by atoms with van der Waals surface area (Å²) in [6.45, 7) is 2.78. The summed E-state index contributed by atoms with van der Waals surface area (Å²) in [7, 11) is 0. The minimum absolute atomic E-state index is 0.00556. The predicted molar refractivity (Wildman–Crippen MR) is 88.2 cm³/mol. The molecule has 0 bridgehead atoms. The highest BCUT2D eigenvalue weighted by molar-refractivity contribution is 4.98.